The highest BCUT2D eigenvalue weighted by Crippen LogP contribution is 2.26. The molecule has 4 nitrogen and oxygen atoms in total. The van der Waals surface area contributed by atoms with Crippen LogP contribution in [0.3, 0.4) is 0 Å². The van der Waals surface area contributed by atoms with Crippen molar-refractivity contribution in [2.24, 2.45) is 0 Å². The maximum atomic E-state index is 12.7. The number of carbonyl (C=O) groups is 1. The van der Waals surface area contributed by atoms with Crippen LogP contribution < -0.4 is 0 Å². The Kier molecular flexibility index (Phi) is 2.03. The van der Waals surface area contributed by atoms with Crippen LogP contribution in [0.5, 0.6) is 0 Å². The Hall–Kier alpha value is -1.69. The minimum Gasteiger partial charge on any atom is -0.271 e. The number of carbonyl (C=O) groups excluding carboxylic acids is 1. The average Bonchev–Trinajstić information content (AvgIpc) is 2.83. The Morgan fingerprint density at radius 1 is 1.31 bits per heavy atom. The number of hydrogen-bond donors (Lipinski definition) is 0. The Bertz CT molecular complexity index is 564. The summed E-state index contributed by atoms with van der Waals surface area (Å²) in [6.07, 6.45) is 0. The molecule has 1 aliphatic rings. The van der Waals surface area contributed by atoms with Crippen molar-refractivity contribution in [2.75, 3.05) is 5.75 Å². The molecule has 1 aromatic carbocycles. The molecule has 0 atom stereocenters. The number of benzene rings is 1. The Morgan fingerprint density at radius 2 is 2.06 bits per heavy atom. The van der Waals surface area contributed by atoms with Crippen LogP contribution in [-0.4, -0.2) is 26.4 Å². The molecule has 80 valence electrons. The molecule has 16 heavy (non-hydrogen) atoms. The van der Waals surface area contributed by atoms with Crippen LogP contribution in [-0.2, 0) is 0 Å². The van der Waals surface area contributed by atoms with Gasteiger partial charge in [0.25, 0.3) is 5.91 Å². The van der Waals surface area contributed by atoms with E-state index in [4.69, 9.17) is 0 Å². The first-order valence-corrected chi connectivity index (χ1v) is 5.61. The van der Waals surface area contributed by atoms with E-state index in [1.165, 1.54) is 28.6 Å². The van der Waals surface area contributed by atoms with E-state index in [2.05, 4.69) is 10.1 Å². The molecule has 0 spiro atoms. The minimum atomic E-state index is -0.305. The highest BCUT2D eigenvalue weighted by atomic mass is 32.2. The molecular formula is C10H6FN3OS. The zero-order valence-corrected chi connectivity index (χ0v) is 8.87. The molecule has 3 rings (SSSR count). The van der Waals surface area contributed by atoms with Gasteiger partial charge in [0, 0.05) is 5.56 Å². The van der Waals surface area contributed by atoms with Crippen LogP contribution in [0.15, 0.2) is 29.4 Å². The molecule has 0 N–H and O–H groups in total. The number of rotatable bonds is 1. The maximum absolute atomic E-state index is 12.7. The number of hydrogen-bond acceptors (Lipinski definition) is 4. The van der Waals surface area contributed by atoms with Crippen LogP contribution in [0, 0.1) is 5.82 Å². The third-order valence-electron chi connectivity index (χ3n) is 2.24. The molecule has 6 heteroatoms. The van der Waals surface area contributed by atoms with Crippen molar-refractivity contribution in [1.82, 2.24) is 14.8 Å². The average molecular weight is 235 g/mol. The van der Waals surface area contributed by atoms with Crippen molar-refractivity contribution in [1.29, 1.82) is 0 Å². The smallest absolute Gasteiger partial charge is 0.259 e. The van der Waals surface area contributed by atoms with Gasteiger partial charge in [0.1, 0.15) is 5.82 Å². The summed E-state index contributed by atoms with van der Waals surface area (Å²) in [5.41, 5.74) is 0.705. The summed E-state index contributed by atoms with van der Waals surface area (Å²) in [6.45, 7) is 0. The molecule has 0 saturated carbocycles. The zero-order valence-electron chi connectivity index (χ0n) is 8.05. The van der Waals surface area contributed by atoms with Gasteiger partial charge >= 0.3 is 0 Å². The summed E-state index contributed by atoms with van der Waals surface area (Å²) < 4.78 is 14.0. The topological polar surface area (TPSA) is 47.8 Å². The fourth-order valence-corrected chi connectivity index (χ4v) is 2.25. The van der Waals surface area contributed by atoms with E-state index in [-0.39, 0.29) is 11.7 Å². The number of halogens is 1. The third-order valence-corrected chi connectivity index (χ3v) is 3.15. The normalized spacial score (nSPS) is 14.2. The molecule has 1 aromatic heterocycles. The second kappa shape index (κ2) is 3.41. The SMILES string of the molecule is O=C1CSc2nc(-c3ccc(F)cc3)nn21. The molecule has 0 bridgehead atoms. The van der Waals surface area contributed by atoms with Crippen molar-refractivity contribution in [3.63, 3.8) is 0 Å². The monoisotopic (exact) mass is 235 g/mol. The van der Waals surface area contributed by atoms with Gasteiger partial charge in [0.05, 0.1) is 5.75 Å². The highest BCUT2D eigenvalue weighted by Gasteiger charge is 2.24. The second-order valence-corrected chi connectivity index (χ2v) is 4.26. The Labute approximate surface area is 94.5 Å². The molecule has 2 heterocycles. The van der Waals surface area contributed by atoms with Gasteiger partial charge in [-0.05, 0) is 24.3 Å². The molecule has 0 fully saturated rings. The van der Waals surface area contributed by atoms with Crippen LogP contribution in [0.2, 0.25) is 0 Å². The molecule has 1 aliphatic heterocycles. The molecule has 0 amide bonds. The van der Waals surface area contributed by atoms with E-state index in [0.29, 0.717) is 22.3 Å². The molecule has 0 radical (unpaired) electrons. The first kappa shape index (κ1) is 9.53. The summed E-state index contributed by atoms with van der Waals surface area (Å²) in [4.78, 5) is 15.6. The fourth-order valence-electron chi connectivity index (χ4n) is 1.46. The zero-order chi connectivity index (χ0) is 11.1. The van der Waals surface area contributed by atoms with Gasteiger partial charge in [-0.2, -0.15) is 4.68 Å². The van der Waals surface area contributed by atoms with E-state index >= 15 is 0 Å². The van der Waals surface area contributed by atoms with Gasteiger partial charge < -0.3 is 0 Å². The van der Waals surface area contributed by atoms with Crippen LogP contribution >= 0.6 is 11.8 Å². The van der Waals surface area contributed by atoms with Crippen molar-refractivity contribution >= 4 is 17.7 Å². The van der Waals surface area contributed by atoms with E-state index in [9.17, 15) is 9.18 Å². The number of aromatic nitrogens is 3. The van der Waals surface area contributed by atoms with Crippen molar-refractivity contribution in [3.05, 3.63) is 30.1 Å². The standard InChI is InChI=1S/C10H6FN3OS/c11-7-3-1-6(2-4-7)9-12-10-14(13-9)8(15)5-16-10/h1-4H,5H2. The van der Waals surface area contributed by atoms with Crippen molar-refractivity contribution in [2.45, 2.75) is 5.16 Å². The summed E-state index contributed by atoms with van der Waals surface area (Å²) >= 11 is 1.36. The van der Waals surface area contributed by atoms with Gasteiger partial charge in [-0.25, -0.2) is 9.37 Å². The van der Waals surface area contributed by atoms with Gasteiger partial charge in [-0.15, -0.1) is 5.10 Å². The predicted octanol–water partition coefficient (Wildman–Crippen LogP) is 1.83. The first-order chi connectivity index (χ1) is 7.74. The summed E-state index contributed by atoms with van der Waals surface area (Å²) in [5.74, 6) is 0.469. The molecule has 0 aliphatic carbocycles. The van der Waals surface area contributed by atoms with E-state index in [0.717, 1.165) is 0 Å². The highest BCUT2D eigenvalue weighted by molar-refractivity contribution is 8.00. The van der Waals surface area contributed by atoms with Crippen LogP contribution in [0.25, 0.3) is 11.4 Å². The summed E-state index contributed by atoms with van der Waals surface area (Å²) in [5, 5.41) is 4.69. The van der Waals surface area contributed by atoms with E-state index < -0.39 is 0 Å². The van der Waals surface area contributed by atoms with Crippen molar-refractivity contribution in [3.8, 4) is 11.4 Å². The lowest BCUT2D eigenvalue weighted by Crippen LogP contribution is -2.08. The Morgan fingerprint density at radius 3 is 2.75 bits per heavy atom. The Balaban J connectivity index is 2.05. The van der Waals surface area contributed by atoms with Gasteiger partial charge in [0.15, 0.2) is 11.0 Å². The third kappa shape index (κ3) is 1.42. The van der Waals surface area contributed by atoms with Gasteiger partial charge in [0.2, 0.25) is 0 Å². The first-order valence-electron chi connectivity index (χ1n) is 4.63. The summed E-state index contributed by atoms with van der Waals surface area (Å²) in [6, 6.07) is 5.87. The van der Waals surface area contributed by atoms with Crippen LogP contribution in [0.4, 0.5) is 4.39 Å². The van der Waals surface area contributed by atoms with Gasteiger partial charge in [-0.3, -0.25) is 4.79 Å². The maximum Gasteiger partial charge on any atom is 0.259 e. The number of fused-ring (bicyclic) bond motifs is 1. The predicted molar refractivity (Wildman–Crippen MR) is 56.8 cm³/mol. The lowest BCUT2D eigenvalue weighted by Gasteiger charge is -1.94. The molecule has 2 aromatic rings. The lowest BCUT2D eigenvalue weighted by atomic mass is 10.2. The second-order valence-electron chi connectivity index (χ2n) is 3.32. The minimum absolute atomic E-state index is 0.0686. The van der Waals surface area contributed by atoms with E-state index in [1.807, 2.05) is 0 Å². The molecule has 0 unspecified atom stereocenters. The van der Waals surface area contributed by atoms with Gasteiger partial charge in [-0.1, -0.05) is 11.8 Å². The molecule has 0 saturated heterocycles. The largest absolute Gasteiger partial charge is 0.271 e. The van der Waals surface area contributed by atoms with Crippen LogP contribution in [0.1, 0.15) is 4.79 Å². The van der Waals surface area contributed by atoms with Crippen molar-refractivity contribution < 1.29 is 9.18 Å². The quantitative estimate of drug-likeness (QED) is 0.756. The van der Waals surface area contributed by atoms with E-state index in [1.54, 1.807) is 12.1 Å². The fraction of sp³-hybridized carbons (Fsp3) is 0.100. The number of nitrogens with zero attached hydrogens (tertiary/aromatic N) is 3. The molecular weight excluding hydrogens is 229 g/mol. The number of thioether (sulfide) groups is 1. The summed E-state index contributed by atoms with van der Waals surface area (Å²) in [7, 11) is 0. The lowest BCUT2D eigenvalue weighted by molar-refractivity contribution is 0.0923.